The van der Waals surface area contributed by atoms with Crippen LogP contribution in [0.4, 0.5) is 10.1 Å². The average molecular weight is 229 g/mol. The van der Waals surface area contributed by atoms with Gasteiger partial charge in [-0.05, 0) is 24.3 Å². The van der Waals surface area contributed by atoms with Crippen LogP contribution in [-0.2, 0) is 0 Å². The van der Waals surface area contributed by atoms with Crippen LogP contribution >= 0.6 is 0 Å². The van der Waals surface area contributed by atoms with Gasteiger partial charge in [0.25, 0.3) is 0 Å². The van der Waals surface area contributed by atoms with E-state index in [0.29, 0.717) is 22.8 Å². The molecule has 0 atom stereocenters. The van der Waals surface area contributed by atoms with Crippen LogP contribution in [0.1, 0.15) is 0 Å². The van der Waals surface area contributed by atoms with E-state index in [1.54, 1.807) is 24.3 Å². The Kier molecular flexibility index (Phi) is 2.04. The molecule has 3 aromatic rings. The third kappa shape index (κ3) is 1.71. The number of halogens is 1. The summed E-state index contributed by atoms with van der Waals surface area (Å²) in [6.07, 6.45) is 1.10. The summed E-state index contributed by atoms with van der Waals surface area (Å²) in [7, 11) is 0. The van der Waals surface area contributed by atoms with Gasteiger partial charge in [0.1, 0.15) is 11.3 Å². The Morgan fingerprint density at radius 3 is 2.71 bits per heavy atom. The van der Waals surface area contributed by atoms with Crippen LogP contribution in [0.3, 0.4) is 0 Å². The molecular formula is C12H8FN3O. The zero-order chi connectivity index (χ0) is 11.8. The third-order valence-corrected chi connectivity index (χ3v) is 2.37. The summed E-state index contributed by atoms with van der Waals surface area (Å²) in [4.78, 5) is 7.98. The standard InChI is InChI=1S/C12H8FN3O/c13-8-5-10-12(15-6-8)17-11(16-10)7-1-3-9(14)4-2-7/h1-6H,14H2. The molecule has 0 aliphatic rings. The van der Waals surface area contributed by atoms with Crippen LogP contribution < -0.4 is 5.73 Å². The SMILES string of the molecule is Nc1ccc(-c2nc3cc(F)cnc3o2)cc1. The number of rotatable bonds is 1. The minimum absolute atomic E-state index is 0.318. The van der Waals surface area contributed by atoms with Gasteiger partial charge >= 0.3 is 0 Å². The number of aromatic nitrogens is 2. The molecule has 0 amide bonds. The van der Waals surface area contributed by atoms with Gasteiger partial charge in [0.15, 0.2) is 0 Å². The molecule has 17 heavy (non-hydrogen) atoms. The number of fused-ring (bicyclic) bond motifs is 1. The number of benzene rings is 1. The Morgan fingerprint density at radius 2 is 1.94 bits per heavy atom. The molecule has 5 heteroatoms. The molecule has 0 bridgehead atoms. The van der Waals surface area contributed by atoms with E-state index < -0.39 is 5.82 Å². The van der Waals surface area contributed by atoms with E-state index in [-0.39, 0.29) is 0 Å². The first-order chi connectivity index (χ1) is 8.22. The van der Waals surface area contributed by atoms with Crippen LogP contribution in [0, 0.1) is 5.82 Å². The highest BCUT2D eigenvalue weighted by Gasteiger charge is 2.09. The molecular weight excluding hydrogens is 221 g/mol. The molecule has 0 spiro atoms. The topological polar surface area (TPSA) is 64.9 Å². The van der Waals surface area contributed by atoms with Crippen molar-refractivity contribution in [1.82, 2.24) is 9.97 Å². The lowest BCUT2D eigenvalue weighted by atomic mass is 10.2. The molecule has 2 aromatic heterocycles. The Morgan fingerprint density at radius 1 is 1.18 bits per heavy atom. The number of hydrogen-bond acceptors (Lipinski definition) is 4. The van der Waals surface area contributed by atoms with Crippen molar-refractivity contribution in [3.05, 3.63) is 42.3 Å². The maximum atomic E-state index is 12.9. The summed E-state index contributed by atoms with van der Waals surface area (Å²) < 4.78 is 18.4. The molecule has 3 rings (SSSR count). The Labute approximate surface area is 95.9 Å². The van der Waals surface area contributed by atoms with Gasteiger partial charge in [-0.1, -0.05) is 0 Å². The van der Waals surface area contributed by atoms with E-state index in [2.05, 4.69) is 9.97 Å². The molecule has 0 aliphatic carbocycles. The maximum Gasteiger partial charge on any atom is 0.247 e. The van der Waals surface area contributed by atoms with E-state index in [9.17, 15) is 4.39 Å². The fraction of sp³-hybridized carbons (Fsp3) is 0. The van der Waals surface area contributed by atoms with E-state index >= 15 is 0 Å². The van der Waals surface area contributed by atoms with Crippen molar-refractivity contribution in [2.45, 2.75) is 0 Å². The van der Waals surface area contributed by atoms with Crippen LogP contribution in [0.15, 0.2) is 40.9 Å². The van der Waals surface area contributed by atoms with Crippen LogP contribution in [0.2, 0.25) is 0 Å². The minimum atomic E-state index is -0.436. The highest BCUT2D eigenvalue weighted by atomic mass is 19.1. The quantitative estimate of drug-likeness (QED) is 0.651. The van der Waals surface area contributed by atoms with Crippen molar-refractivity contribution in [3.63, 3.8) is 0 Å². The van der Waals surface area contributed by atoms with Crippen LogP contribution in [0.5, 0.6) is 0 Å². The second kappa shape index (κ2) is 3.55. The van der Waals surface area contributed by atoms with E-state index in [0.717, 1.165) is 11.8 Å². The summed E-state index contributed by atoms with van der Waals surface area (Å²) in [5.74, 6) is -0.0345. The Bertz CT molecular complexity index is 676. The summed E-state index contributed by atoms with van der Waals surface area (Å²) in [5.41, 5.74) is 7.74. The van der Waals surface area contributed by atoms with Gasteiger partial charge in [0, 0.05) is 17.3 Å². The van der Waals surface area contributed by atoms with E-state index in [4.69, 9.17) is 10.2 Å². The number of nitrogens with two attached hydrogens (primary N) is 1. The lowest BCUT2D eigenvalue weighted by molar-refractivity contribution is 0.597. The average Bonchev–Trinajstić information content (AvgIpc) is 2.72. The van der Waals surface area contributed by atoms with Gasteiger partial charge in [-0.2, -0.15) is 0 Å². The highest BCUT2D eigenvalue weighted by Crippen LogP contribution is 2.23. The van der Waals surface area contributed by atoms with Gasteiger partial charge in [0.05, 0.1) is 6.20 Å². The number of hydrogen-bond donors (Lipinski definition) is 1. The largest absolute Gasteiger partial charge is 0.418 e. The zero-order valence-electron chi connectivity index (χ0n) is 8.72. The maximum absolute atomic E-state index is 12.9. The molecule has 0 fully saturated rings. The fourth-order valence-corrected chi connectivity index (χ4v) is 1.55. The normalized spacial score (nSPS) is 10.9. The first-order valence-corrected chi connectivity index (χ1v) is 5.00. The third-order valence-electron chi connectivity index (χ3n) is 2.37. The monoisotopic (exact) mass is 229 g/mol. The number of oxazole rings is 1. The predicted molar refractivity (Wildman–Crippen MR) is 61.6 cm³/mol. The van der Waals surface area contributed by atoms with E-state index in [1.807, 2.05) is 0 Å². The molecule has 0 aliphatic heterocycles. The van der Waals surface area contributed by atoms with Gasteiger partial charge in [-0.15, -0.1) is 0 Å². The van der Waals surface area contributed by atoms with Crippen LogP contribution in [-0.4, -0.2) is 9.97 Å². The summed E-state index contributed by atoms with van der Waals surface area (Å²) in [6.45, 7) is 0. The Balaban J connectivity index is 2.14. The lowest BCUT2D eigenvalue weighted by Crippen LogP contribution is -1.83. The number of anilines is 1. The molecule has 4 nitrogen and oxygen atoms in total. The summed E-state index contributed by atoms with van der Waals surface area (Å²) in [5, 5.41) is 0. The van der Waals surface area contributed by atoms with Gasteiger partial charge in [-0.25, -0.2) is 14.4 Å². The molecule has 0 radical (unpaired) electrons. The molecule has 0 saturated carbocycles. The minimum Gasteiger partial charge on any atom is -0.418 e. The summed E-state index contributed by atoms with van der Waals surface area (Å²) >= 11 is 0. The molecule has 1 aromatic carbocycles. The second-order valence-electron chi connectivity index (χ2n) is 3.62. The predicted octanol–water partition coefficient (Wildman–Crippen LogP) is 2.61. The van der Waals surface area contributed by atoms with Crippen molar-refractivity contribution < 1.29 is 8.81 Å². The van der Waals surface area contributed by atoms with Gasteiger partial charge in [0.2, 0.25) is 11.6 Å². The fourth-order valence-electron chi connectivity index (χ4n) is 1.55. The second-order valence-corrected chi connectivity index (χ2v) is 3.62. The van der Waals surface area contributed by atoms with Crippen molar-refractivity contribution in [1.29, 1.82) is 0 Å². The van der Waals surface area contributed by atoms with E-state index in [1.165, 1.54) is 6.07 Å². The Hall–Kier alpha value is -2.43. The zero-order valence-corrected chi connectivity index (χ0v) is 8.72. The molecule has 2 N–H and O–H groups in total. The molecule has 0 saturated heterocycles. The van der Waals surface area contributed by atoms with Crippen molar-refractivity contribution in [2.24, 2.45) is 0 Å². The number of nitrogens with zero attached hydrogens (tertiary/aromatic N) is 2. The van der Waals surface area contributed by atoms with Crippen molar-refractivity contribution in [3.8, 4) is 11.5 Å². The molecule has 0 unspecified atom stereocenters. The number of nitrogen functional groups attached to an aromatic ring is 1. The van der Waals surface area contributed by atoms with Gasteiger partial charge < -0.3 is 10.2 Å². The summed E-state index contributed by atoms with van der Waals surface area (Å²) in [6, 6.07) is 8.36. The molecule has 84 valence electrons. The molecule has 2 heterocycles. The first kappa shape index (κ1) is 9.77. The lowest BCUT2D eigenvalue weighted by Gasteiger charge is -1.95. The highest BCUT2D eigenvalue weighted by molar-refractivity contribution is 5.72. The van der Waals surface area contributed by atoms with Crippen molar-refractivity contribution >= 4 is 16.9 Å². The smallest absolute Gasteiger partial charge is 0.247 e. The number of pyridine rings is 1. The van der Waals surface area contributed by atoms with Gasteiger partial charge in [-0.3, -0.25) is 0 Å². The van der Waals surface area contributed by atoms with Crippen molar-refractivity contribution in [2.75, 3.05) is 5.73 Å². The van der Waals surface area contributed by atoms with Crippen LogP contribution in [0.25, 0.3) is 22.7 Å². The first-order valence-electron chi connectivity index (χ1n) is 5.00.